The summed E-state index contributed by atoms with van der Waals surface area (Å²) < 4.78 is 5.99. The Morgan fingerprint density at radius 1 is 1.30 bits per heavy atom. The fourth-order valence-electron chi connectivity index (χ4n) is 4.17. The highest BCUT2D eigenvalue weighted by Gasteiger charge is 2.43. The average molecular weight is 270 g/mol. The number of fused-ring (bicyclic) bond motifs is 2. The molecule has 0 aliphatic carbocycles. The van der Waals surface area contributed by atoms with E-state index in [1.54, 1.807) is 0 Å². The number of nitrogens with one attached hydrogen (secondary N) is 1. The van der Waals surface area contributed by atoms with E-state index < -0.39 is 0 Å². The van der Waals surface area contributed by atoms with Crippen LogP contribution < -0.4 is 5.32 Å². The molecule has 106 valence electrons. The summed E-state index contributed by atoms with van der Waals surface area (Å²) in [4.78, 5) is 2.63. The van der Waals surface area contributed by atoms with Crippen LogP contribution in [0.15, 0.2) is 34.7 Å². The van der Waals surface area contributed by atoms with Gasteiger partial charge in [0, 0.05) is 18.0 Å². The number of rotatable bonds is 3. The van der Waals surface area contributed by atoms with Gasteiger partial charge in [0.15, 0.2) is 0 Å². The lowest BCUT2D eigenvalue weighted by Crippen LogP contribution is -2.34. The van der Waals surface area contributed by atoms with Crippen LogP contribution in [0, 0.1) is 11.8 Å². The monoisotopic (exact) mass is 270 g/mol. The molecule has 0 radical (unpaired) electrons. The van der Waals surface area contributed by atoms with E-state index in [1.807, 2.05) is 6.07 Å². The van der Waals surface area contributed by atoms with Crippen molar-refractivity contribution in [3.05, 3.63) is 36.1 Å². The zero-order valence-electron chi connectivity index (χ0n) is 12.0. The smallest absolute Gasteiger partial charge is 0.134 e. The topological polar surface area (TPSA) is 28.4 Å². The van der Waals surface area contributed by atoms with Crippen LogP contribution in [0.25, 0.3) is 11.0 Å². The molecule has 3 nitrogen and oxygen atoms in total. The largest absolute Gasteiger partial charge is 0.460 e. The van der Waals surface area contributed by atoms with Crippen LogP contribution in [0.1, 0.15) is 19.1 Å². The molecule has 0 spiro atoms. The molecule has 3 heterocycles. The third kappa shape index (κ3) is 1.97. The molecule has 3 unspecified atom stereocenters. The van der Waals surface area contributed by atoms with E-state index in [9.17, 15) is 0 Å². The second kappa shape index (κ2) is 4.90. The highest BCUT2D eigenvalue weighted by Crippen LogP contribution is 2.35. The molecule has 3 atom stereocenters. The summed E-state index contributed by atoms with van der Waals surface area (Å²) in [5, 5.41) is 4.76. The lowest BCUT2D eigenvalue weighted by Gasteiger charge is -2.25. The third-order valence-electron chi connectivity index (χ3n) is 5.08. The zero-order chi connectivity index (χ0) is 13.5. The molecule has 20 heavy (non-hydrogen) atoms. The Balaban J connectivity index is 1.56. The third-order valence-corrected chi connectivity index (χ3v) is 5.08. The second-order valence-electron chi connectivity index (χ2n) is 6.24. The Morgan fingerprint density at radius 3 is 3.05 bits per heavy atom. The van der Waals surface area contributed by atoms with Gasteiger partial charge in [0.05, 0.1) is 6.54 Å². The van der Waals surface area contributed by atoms with Crippen molar-refractivity contribution in [2.75, 3.05) is 19.6 Å². The fraction of sp³-hybridized carbons (Fsp3) is 0.529. The molecular weight excluding hydrogens is 248 g/mol. The Bertz CT molecular complexity index is 573. The maximum atomic E-state index is 5.99. The molecule has 1 aromatic carbocycles. The predicted octanol–water partition coefficient (Wildman–Crippen LogP) is 2.86. The maximum absolute atomic E-state index is 5.99. The number of likely N-dealkylation sites (tertiary alicyclic amines) is 1. The molecule has 1 N–H and O–H groups in total. The van der Waals surface area contributed by atoms with Crippen LogP contribution in [-0.4, -0.2) is 30.6 Å². The number of hydrogen-bond acceptors (Lipinski definition) is 3. The van der Waals surface area contributed by atoms with E-state index in [-0.39, 0.29) is 0 Å². The molecule has 2 saturated heterocycles. The highest BCUT2D eigenvalue weighted by atomic mass is 16.3. The molecule has 0 saturated carbocycles. The summed E-state index contributed by atoms with van der Waals surface area (Å²) in [5.41, 5.74) is 1.01. The minimum Gasteiger partial charge on any atom is -0.460 e. The minimum absolute atomic E-state index is 0.711. The highest BCUT2D eigenvalue weighted by molar-refractivity contribution is 5.77. The van der Waals surface area contributed by atoms with E-state index in [0.29, 0.717) is 6.04 Å². The van der Waals surface area contributed by atoms with Crippen molar-refractivity contribution in [1.29, 1.82) is 0 Å². The molecule has 2 fully saturated rings. The van der Waals surface area contributed by atoms with Gasteiger partial charge in [-0.2, -0.15) is 0 Å². The van der Waals surface area contributed by atoms with Gasteiger partial charge < -0.3 is 9.73 Å². The SMILES string of the molecule is CCC1C2CNCC2CN1Cc1cc2ccccc2o1. The quantitative estimate of drug-likeness (QED) is 0.929. The van der Waals surface area contributed by atoms with Crippen LogP contribution in [0.4, 0.5) is 0 Å². The van der Waals surface area contributed by atoms with Crippen molar-refractivity contribution in [2.24, 2.45) is 11.8 Å². The Hall–Kier alpha value is -1.32. The minimum atomic E-state index is 0.711. The van der Waals surface area contributed by atoms with Crippen LogP contribution in [0.2, 0.25) is 0 Å². The van der Waals surface area contributed by atoms with E-state index in [0.717, 1.165) is 29.7 Å². The number of nitrogens with zero attached hydrogens (tertiary/aromatic N) is 1. The zero-order valence-corrected chi connectivity index (χ0v) is 12.0. The summed E-state index contributed by atoms with van der Waals surface area (Å²) in [6.45, 7) is 6.88. The van der Waals surface area contributed by atoms with Gasteiger partial charge in [0.2, 0.25) is 0 Å². The van der Waals surface area contributed by atoms with Crippen molar-refractivity contribution in [3.8, 4) is 0 Å². The van der Waals surface area contributed by atoms with Crippen LogP contribution >= 0.6 is 0 Å². The van der Waals surface area contributed by atoms with Crippen molar-refractivity contribution in [2.45, 2.75) is 25.9 Å². The van der Waals surface area contributed by atoms with Gasteiger partial charge in [0.25, 0.3) is 0 Å². The average Bonchev–Trinajstić information content (AvgIpc) is 3.11. The van der Waals surface area contributed by atoms with Crippen molar-refractivity contribution in [1.82, 2.24) is 10.2 Å². The number of para-hydroxylation sites is 1. The first-order chi connectivity index (χ1) is 9.85. The number of hydrogen-bond donors (Lipinski definition) is 1. The first kappa shape index (κ1) is 12.4. The molecular formula is C17H22N2O. The van der Waals surface area contributed by atoms with Crippen molar-refractivity contribution in [3.63, 3.8) is 0 Å². The molecule has 0 bridgehead atoms. The Labute approximate surface area is 119 Å². The second-order valence-corrected chi connectivity index (χ2v) is 6.24. The Kier molecular flexibility index (Phi) is 3.04. The molecule has 1 aromatic heterocycles. The first-order valence-corrected chi connectivity index (χ1v) is 7.77. The van der Waals surface area contributed by atoms with Crippen LogP contribution in [-0.2, 0) is 6.54 Å². The molecule has 2 aliphatic heterocycles. The van der Waals surface area contributed by atoms with E-state index in [4.69, 9.17) is 4.42 Å². The summed E-state index contributed by atoms with van der Waals surface area (Å²) in [7, 11) is 0. The van der Waals surface area contributed by atoms with Gasteiger partial charge >= 0.3 is 0 Å². The van der Waals surface area contributed by atoms with Gasteiger partial charge in [-0.1, -0.05) is 25.1 Å². The van der Waals surface area contributed by atoms with Gasteiger partial charge in [-0.3, -0.25) is 4.90 Å². The summed E-state index contributed by atoms with van der Waals surface area (Å²) in [6.07, 6.45) is 1.24. The first-order valence-electron chi connectivity index (χ1n) is 7.77. The van der Waals surface area contributed by atoms with E-state index >= 15 is 0 Å². The van der Waals surface area contributed by atoms with E-state index in [1.165, 1.54) is 31.4 Å². The molecule has 2 aliphatic rings. The van der Waals surface area contributed by atoms with Gasteiger partial charge in [-0.05, 0) is 43.5 Å². The normalized spacial score (nSPS) is 30.1. The molecule has 4 rings (SSSR count). The van der Waals surface area contributed by atoms with Crippen LogP contribution in [0.5, 0.6) is 0 Å². The van der Waals surface area contributed by atoms with Crippen molar-refractivity contribution < 1.29 is 4.42 Å². The fourth-order valence-corrected chi connectivity index (χ4v) is 4.17. The summed E-state index contributed by atoms with van der Waals surface area (Å²) in [6, 6.07) is 11.2. The van der Waals surface area contributed by atoms with E-state index in [2.05, 4.69) is 41.4 Å². The standard InChI is InChI=1S/C17H22N2O/c1-2-16-15-9-18-8-13(15)10-19(16)11-14-7-12-5-3-4-6-17(12)20-14/h3-7,13,15-16,18H,2,8-11H2,1H3. The molecule has 3 heteroatoms. The lowest BCUT2D eigenvalue weighted by molar-refractivity contribution is 0.197. The van der Waals surface area contributed by atoms with Gasteiger partial charge in [-0.15, -0.1) is 0 Å². The van der Waals surface area contributed by atoms with Crippen molar-refractivity contribution >= 4 is 11.0 Å². The lowest BCUT2D eigenvalue weighted by atomic mass is 9.93. The summed E-state index contributed by atoms with van der Waals surface area (Å²) >= 11 is 0. The number of benzene rings is 1. The summed E-state index contributed by atoms with van der Waals surface area (Å²) in [5.74, 6) is 2.78. The van der Waals surface area contributed by atoms with Gasteiger partial charge in [-0.25, -0.2) is 0 Å². The number of furan rings is 1. The Morgan fingerprint density at radius 2 is 2.20 bits per heavy atom. The molecule has 2 aromatic rings. The molecule has 0 amide bonds. The van der Waals surface area contributed by atoms with Gasteiger partial charge in [0.1, 0.15) is 11.3 Å². The van der Waals surface area contributed by atoms with Crippen LogP contribution in [0.3, 0.4) is 0 Å². The predicted molar refractivity (Wildman–Crippen MR) is 80.6 cm³/mol. The maximum Gasteiger partial charge on any atom is 0.134 e.